The van der Waals surface area contributed by atoms with E-state index in [0.717, 1.165) is 29.6 Å². The van der Waals surface area contributed by atoms with Crippen LogP contribution in [0.5, 0.6) is 0 Å². The molecule has 27 heavy (non-hydrogen) atoms. The fraction of sp³-hybridized carbons (Fsp3) is 0.316. The summed E-state index contributed by atoms with van der Waals surface area (Å²) in [4.78, 5) is 30.3. The van der Waals surface area contributed by atoms with Crippen LogP contribution in [0, 0.1) is 12.8 Å². The van der Waals surface area contributed by atoms with Gasteiger partial charge in [0.2, 0.25) is 11.8 Å². The van der Waals surface area contributed by atoms with Gasteiger partial charge in [0.25, 0.3) is 0 Å². The van der Waals surface area contributed by atoms with Crippen LogP contribution in [-0.4, -0.2) is 35.3 Å². The van der Waals surface area contributed by atoms with E-state index in [2.05, 4.69) is 10.3 Å². The highest BCUT2D eigenvalue weighted by molar-refractivity contribution is 6.08. The minimum Gasteiger partial charge on any atom is -0.344 e. The number of halogens is 3. The molecule has 0 spiro atoms. The van der Waals surface area contributed by atoms with Crippen molar-refractivity contribution in [2.75, 3.05) is 18.9 Å². The first-order valence-corrected chi connectivity index (χ1v) is 8.32. The molecule has 1 aliphatic heterocycles. The van der Waals surface area contributed by atoms with Crippen LogP contribution >= 0.6 is 0 Å². The average Bonchev–Trinajstić information content (AvgIpc) is 2.90. The molecule has 1 aromatic carbocycles. The number of likely N-dealkylation sites (tertiary alicyclic amines) is 1. The summed E-state index contributed by atoms with van der Waals surface area (Å²) in [6.07, 6.45) is -2.70. The number of nitrogens with zero attached hydrogens (tertiary/aromatic N) is 2. The first-order valence-electron chi connectivity index (χ1n) is 8.32. The number of amides is 2. The van der Waals surface area contributed by atoms with Crippen molar-refractivity contribution in [1.29, 1.82) is 0 Å². The van der Waals surface area contributed by atoms with Crippen molar-refractivity contribution in [2.45, 2.75) is 19.0 Å². The molecule has 1 fully saturated rings. The molecule has 2 amide bonds. The molecule has 1 saturated heterocycles. The fourth-order valence-electron chi connectivity index (χ4n) is 3.26. The normalized spacial score (nSPS) is 20.0. The maximum atomic E-state index is 13.1. The molecule has 0 saturated carbocycles. The molecule has 2 aromatic rings. The zero-order valence-electron chi connectivity index (χ0n) is 14.7. The van der Waals surface area contributed by atoms with Crippen LogP contribution in [0.15, 0.2) is 42.7 Å². The molecule has 1 aliphatic rings. The van der Waals surface area contributed by atoms with Gasteiger partial charge in [0.15, 0.2) is 0 Å². The fourth-order valence-corrected chi connectivity index (χ4v) is 3.26. The summed E-state index contributed by atoms with van der Waals surface area (Å²) in [6.45, 7) is 2.24. The number of hydrogen-bond donors (Lipinski definition) is 1. The summed E-state index contributed by atoms with van der Waals surface area (Å²) in [5.74, 6) is -2.72. The van der Waals surface area contributed by atoms with E-state index in [4.69, 9.17) is 0 Å². The SMILES string of the molecule is Cc1ccc([C@H]2CN(C)C(=O)[C@@H]2C(=O)Nc2cnccc2C(F)(F)F)cc1. The summed E-state index contributed by atoms with van der Waals surface area (Å²) < 4.78 is 39.4. The van der Waals surface area contributed by atoms with Crippen LogP contribution in [0.4, 0.5) is 18.9 Å². The number of aromatic nitrogens is 1. The summed E-state index contributed by atoms with van der Waals surface area (Å²) in [7, 11) is 1.57. The zero-order valence-corrected chi connectivity index (χ0v) is 14.7. The van der Waals surface area contributed by atoms with E-state index in [1.807, 2.05) is 31.2 Å². The molecular formula is C19H18F3N3O2. The molecule has 3 rings (SSSR count). The second kappa shape index (κ2) is 7.02. The monoisotopic (exact) mass is 377 g/mol. The number of rotatable bonds is 3. The van der Waals surface area contributed by atoms with Gasteiger partial charge in [-0.25, -0.2) is 0 Å². The lowest BCUT2D eigenvalue weighted by Gasteiger charge is -2.19. The Bertz CT molecular complexity index is 865. The molecule has 1 N–H and O–H groups in total. The number of aryl methyl sites for hydroxylation is 1. The van der Waals surface area contributed by atoms with E-state index >= 15 is 0 Å². The lowest BCUT2D eigenvalue weighted by atomic mass is 9.87. The van der Waals surface area contributed by atoms with Gasteiger partial charge in [-0.3, -0.25) is 14.6 Å². The van der Waals surface area contributed by atoms with Gasteiger partial charge in [0.05, 0.1) is 17.4 Å². The summed E-state index contributed by atoms with van der Waals surface area (Å²) in [6, 6.07) is 8.19. The highest BCUT2D eigenvalue weighted by Gasteiger charge is 2.45. The molecule has 0 aliphatic carbocycles. The Hall–Kier alpha value is -2.90. The Morgan fingerprint density at radius 2 is 1.89 bits per heavy atom. The quantitative estimate of drug-likeness (QED) is 0.836. The molecule has 2 atom stereocenters. The second-order valence-electron chi connectivity index (χ2n) is 6.62. The third-order valence-corrected chi connectivity index (χ3v) is 4.69. The Labute approximate surface area is 154 Å². The predicted molar refractivity (Wildman–Crippen MR) is 92.9 cm³/mol. The summed E-state index contributed by atoms with van der Waals surface area (Å²) in [5, 5.41) is 2.25. The summed E-state index contributed by atoms with van der Waals surface area (Å²) >= 11 is 0. The van der Waals surface area contributed by atoms with Crippen molar-refractivity contribution in [3.63, 3.8) is 0 Å². The van der Waals surface area contributed by atoms with Gasteiger partial charge in [-0.2, -0.15) is 13.2 Å². The Morgan fingerprint density at radius 1 is 1.22 bits per heavy atom. The number of carbonyl (C=O) groups is 2. The Kier molecular flexibility index (Phi) is 4.91. The van der Waals surface area contributed by atoms with Crippen LogP contribution in [0.25, 0.3) is 0 Å². The minimum absolute atomic E-state index is 0.319. The molecule has 0 bridgehead atoms. The molecule has 5 nitrogen and oxygen atoms in total. The van der Waals surface area contributed by atoms with Gasteiger partial charge in [-0.15, -0.1) is 0 Å². The number of carbonyl (C=O) groups excluding carboxylic acids is 2. The highest BCUT2D eigenvalue weighted by atomic mass is 19.4. The molecule has 0 radical (unpaired) electrons. The van der Waals surface area contributed by atoms with Crippen molar-refractivity contribution in [3.05, 3.63) is 59.4 Å². The number of pyridine rings is 1. The van der Waals surface area contributed by atoms with Crippen LogP contribution < -0.4 is 5.32 Å². The first kappa shape index (κ1) is 18.9. The van der Waals surface area contributed by atoms with Crippen molar-refractivity contribution < 1.29 is 22.8 Å². The van der Waals surface area contributed by atoms with E-state index in [1.54, 1.807) is 7.05 Å². The van der Waals surface area contributed by atoms with Crippen molar-refractivity contribution in [1.82, 2.24) is 9.88 Å². The largest absolute Gasteiger partial charge is 0.418 e. The van der Waals surface area contributed by atoms with Gasteiger partial charge in [-0.05, 0) is 18.6 Å². The third-order valence-electron chi connectivity index (χ3n) is 4.69. The zero-order chi connectivity index (χ0) is 19.8. The van der Waals surface area contributed by atoms with Gasteiger partial charge >= 0.3 is 6.18 Å². The number of alkyl halides is 3. The minimum atomic E-state index is -4.64. The molecule has 142 valence electrons. The van der Waals surface area contributed by atoms with Crippen molar-refractivity contribution >= 4 is 17.5 Å². The number of hydrogen-bond acceptors (Lipinski definition) is 3. The molecular weight excluding hydrogens is 359 g/mol. The maximum Gasteiger partial charge on any atom is 0.418 e. The molecule has 2 heterocycles. The summed E-state index contributed by atoms with van der Waals surface area (Å²) in [5.41, 5.74) is 0.361. The van der Waals surface area contributed by atoms with Crippen molar-refractivity contribution in [3.8, 4) is 0 Å². The first-order chi connectivity index (χ1) is 12.7. The lowest BCUT2D eigenvalue weighted by molar-refractivity contribution is -0.137. The van der Waals surface area contributed by atoms with E-state index < -0.39 is 41.1 Å². The average molecular weight is 377 g/mol. The maximum absolute atomic E-state index is 13.1. The van der Waals surface area contributed by atoms with Gasteiger partial charge in [0, 0.05) is 25.7 Å². The second-order valence-corrected chi connectivity index (χ2v) is 6.62. The predicted octanol–water partition coefficient (Wildman–Crippen LogP) is 3.22. The lowest BCUT2D eigenvalue weighted by Crippen LogP contribution is -2.33. The van der Waals surface area contributed by atoms with Gasteiger partial charge in [0.1, 0.15) is 5.92 Å². The van der Waals surface area contributed by atoms with E-state index in [1.165, 1.54) is 4.90 Å². The van der Waals surface area contributed by atoms with E-state index in [0.29, 0.717) is 6.54 Å². The van der Waals surface area contributed by atoms with Gasteiger partial charge < -0.3 is 10.2 Å². The van der Waals surface area contributed by atoms with Crippen molar-refractivity contribution in [2.24, 2.45) is 5.92 Å². The standard InChI is InChI=1S/C19H18F3N3O2/c1-11-3-5-12(6-4-11)13-10-25(2)18(27)16(13)17(26)24-15-9-23-8-7-14(15)19(20,21)22/h3-9,13,16H,10H2,1-2H3,(H,24,26)/t13-,16+/m1/s1. The number of nitrogens with one attached hydrogen (secondary N) is 1. The third kappa shape index (κ3) is 3.79. The Balaban J connectivity index is 1.90. The molecule has 8 heteroatoms. The van der Waals surface area contributed by atoms with Crippen LogP contribution in [0.3, 0.4) is 0 Å². The van der Waals surface area contributed by atoms with Crippen LogP contribution in [0.1, 0.15) is 22.6 Å². The molecule has 1 aromatic heterocycles. The highest BCUT2D eigenvalue weighted by Crippen LogP contribution is 2.37. The smallest absolute Gasteiger partial charge is 0.344 e. The van der Waals surface area contributed by atoms with E-state index in [9.17, 15) is 22.8 Å². The van der Waals surface area contributed by atoms with E-state index in [-0.39, 0.29) is 0 Å². The Morgan fingerprint density at radius 3 is 2.52 bits per heavy atom. The molecule has 0 unspecified atom stereocenters. The van der Waals surface area contributed by atoms with Gasteiger partial charge in [-0.1, -0.05) is 29.8 Å². The topological polar surface area (TPSA) is 62.3 Å². The van der Waals surface area contributed by atoms with Crippen LogP contribution in [0.2, 0.25) is 0 Å². The number of benzene rings is 1. The number of likely N-dealkylation sites (N-methyl/N-ethyl adjacent to an activating group) is 1. The van der Waals surface area contributed by atoms with Crippen LogP contribution in [-0.2, 0) is 15.8 Å². The number of anilines is 1.